The molecule has 38 heavy (non-hydrogen) atoms. The summed E-state index contributed by atoms with van der Waals surface area (Å²) >= 11 is 0. The summed E-state index contributed by atoms with van der Waals surface area (Å²) in [7, 11) is 0. The minimum atomic E-state index is -0.707. The Balaban J connectivity index is 1.34. The zero-order valence-corrected chi connectivity index (χ0v) is 21.1. The van der Waals surface area contributed by atoms with Crippen LogP contribution in [0.5, 0.6) is 0 Å². The van der Waals surface area contributed by atoms with Crippen LogP contribution >= 0.6 is 0 Å². The Morgan fingerprint density at radius 3 is 2.50 bits per heavy atom. The van der Waals surface area contributed by atoms with Gasteiger partial charge in [-0.25, -0.2) is 9.48 Å². The molecule has 202 valence electrons. The van der Waals surface area contributed by atoms with E-state index in [1.165, 1.54) is 32.6 Å². The van der Waals surface area contributed by atoms with E-state index in [0.717, 1.165) is 0 Å². The number of amides is 3. The molecular formula is C21H27N11O6. The Labute approximate surface area is 216 Å². The molecule has 1 aliphatic heterocycles. The van der Waals surface area contributed by atoms with E-state index in [-0.39, 0.29) is 24.4 Å². The Kier molecular flexibility index (Phi) is 7.63. The lowest BCUT2D eigenvalue weighted by Gasteiger charge is -2.35. The van der Waals surface area contributed by atoms with Gasteiger partial charge in [-0.05, 0) is 31.8 Å². The normalized spacial score (nSPS) is 14.3. The number of hydrogen-bond donors (Lipinski definition) is 1. The van der Waals surface area contributed by atoms with Gasteiger partial charge in [0.1, 0.15) is 6.04 Å². The summed E-state index contributed by atoms with van der Waals surface area (Å²) in [4.78, 5) is 54.5. The summed E-state index contributed by atoms with van der Waals surface area (Å²) in [6.07, 6.45) is 3.92. The predicted octanol–water partition coefficient (Wildman–Crippen LogP) is 0.508. The zero-order chi connectivity index (χ0) is 27.4. The average molecular weight is 530 g/mol. The molecule has 3 aromatic heterocycles. The Morgan fingerprint density at radius 2 is 1.84 bits per heavy atom. The molecule has 0 bridgehead atoms. The van der Waals surface area contributed by atoms with Gasteiger partial charge in [0, 0.05) is 43.7 Å². The van der Waals surface area contributed by atoms with Gasteiger partial charge in [0.2, 0.25) is 12.2 Å². The van der Waals surface area contributed by atoms with Crippen molar-refractivity contribution in [2.75, 3.05) is 38.1 Å². The van der Waals surface area contributed by atoms with Gasteiger partial charge in [-0.2, -0.15) is 14.9 Å². The van der Waals surface area contributed by atoms with E-state index >= 15 is 0 Å². The van der Waals surface area contributed by atoms with Crippen LogP contribution in [0, 0.1) is 17.0 Å². The van der Waals surface area contributed by atoms with E-state index in [0.29, 0.717) is 44.2 Å². The monoisotopic (exact) mass is 529 g/mol. The summed E-state index contributed by atoms with van der Waals surface area (Å²) < 4.78 is 9.10. The van der Waals surface area contributed by atoms with Crippen molar-refractivity contribution in [2.45, 2.75) is 33.5 Å². The van der Waals surface area contributed by atoms with Crippen LogP contribution in [0.3, 0.4) is 0 Å². The van der Waals surface area contributed by atoms with Crippen molar-refractivity contribution < 1.29 is 24.0 Å². The molecule has 17 nitrogen and oxygen atoms in total. The van der Waals surface area contributed by atoms with Crippen molar-refractivity contribution in [3.05, 3.63) is 46.3 Å². The van der Waals surface area contributed by atoms with E-state index < -0.39 is 22.8 Å². The second kappa shape index (κ2) is 11.1. The third kappa shape index (κ3) is 5.76. The molecular weight excluding hydrogens is 502 g/mol. The summed E-state index contributed by atoms with van der Waals surface area (Å²) in [5.41, 5.74) is 1.04. The lowest BCUT2D eigenvalue weighted by Crippen LogP contribution is -2.52. The molecule has 17 heteroatoms. The fraction of sp³-hybridized carbons (Fsp3) is 0.476. The lowest BCUT2D eigenvalue weighted by molar-refractivity contribution is -0.394. The third-order valence-corrected chi connectivity index (χ3v) is 5.89. The summed E-state index contributed by atoms with van der Waals surface area (Å²) in [5.74, 6) is -1.18. The van der Waals surface area contributed by atoms with Gasteiger partial charge >= 0.3 is 12.0 Å². The summed E-state index contributed by atoms with van der Waals surface area (Å²) in [5, 5.41) is 25.7. The van der Waals surface area contributed by atoms with Crippen LogP contribution in [0.4, 0.5) is 16.4 Å². The van der Waals surface area contributed by atoms with E-state index in [1.807, 2.05) is 0 Å². The van der Waals surface area contributed by atoms with Gasteiger partial charge < -0.3 is 30.0 Å². The molecule has 0 saturated carbocycles. The highest BCUT2D eigenvalue weighted by Crippen LogP contribution is 2.19. The molecule has 1 atom stereocenters. The number of ether oxygens (including phenoxy) is 1. The highest BCUT2D eigenvalue weighted by Gasteiger charge is 2.29. The number of carbonyl (C=O) groups is 3. The number of aromatic nitrogens is 7. The third-order valence-electron chi connectivity index (χ3n) is 5.89. The van der Waals surface area contributed by atoms with Crippen LogP contribution in [0.15, 0.2) is 24.8 Å². The van der Waals surface area contributed by atoms with Crippen LogP contribution < -0.4 is 5.32 Å². The van der Waals surface area contributed by atoms with Crippen LogP contribution in [-0.2, 0) is 16.2 Å². The zero-order valence-electron chi connectivity index (χ0n) is 21.1. The fourth-order valence-electron chi connectivity index (χ4n) is 3.84. The molecule has 0 aliphatic carbocycles. The maximum Gasteiger partial charge on any atom is 0.491 e. The van der Waals surface area contributed by atoms with Crippen LogP contribution in [0.2, 0.25) is 0 Å². The first-order chi connectivity index (χ1) is 18.2. The number of nitro groups is 1. The molecule has 1 unspecified atom stereocenters. The molecule has 0 radical (unpaired) electrons. The number of nitrogens with zero attached hydrogens (tertiary/aromatic N) is 10. The van der Waals surface area contributed by atoms with Crippen molar-refractivity contribution in [1.29, 1.82) is 0 Å². The molecule has 4 heterocycles. The van der Waals surface area contributed by atoms with Crippen molar-refractivity contribution in [3.8, 4) is 0 Å². The van der Waals surface area contributed by atoms with E-state index in [9.17, 15) is 24.5 Å². The molecule has 4 rings (SSSR count). The van der Waals surface area contributed by atoms with Crippen molar-refractivity contribution >= 4 is 29.5 Å². The lowest BCUT2D eigenvalue weighted by atomic mass is 10.2. The number of carbonyl (C=O) groups excluding carboxylic acids is 3. The Bertz CT molecular complexity index is 1340. The van der Waals surface area contributed by atoms with Gasteiger partial charge in [0.25, 0.3) is 5.91 Å². The molecule has 1 aliphatic rings. The SMILES string of the molecule is CCOC(=O)N1CCN(C(=O)C(C)n2cc(NC(=O)c3ccn(Cn4cnc([N+](=O)[O-])n4)n3)c(C)n2)CC1. The van der Waals surface area contributed by atoms with E-state index in [2.05, 4.69) is 25.6 Å². The van der Waals surface area contributed by atoms with Gasteiger partial charge in [0.05, 0.1) is 18.0 Å². The molecule has 0 aromatic carbocycles. The maximum absolute atomic E-state index is 13.0. The predicted molar refractivity (Wildman–Crippen MR) is 129 cm³/mol. The number of anilines is 1. The van der Waals surface area contributed by atoms with Crippen molar-refractivity contribution in [2.24, 2.45) is 0 Å². The number of nitrogens with one attached hydrogen (secondary N) is 1. The van der Waals surface area contributed by atoms with E-state index in [1.54, 1.807) is 36.8 Å². The molecule has 3 aromatic rings. The number of hydrogen-bond acceptors (Lipinski definition) is 10. The van der Waals surface area contributed by atoms with Crippen LogP contribution in [0.1, 0.15) is 36.1 Å². The van der Waals surface area contributed by atoms with Crippen LogP contribution in [-0.4, -0.2) is 99.7 Å². The first-order valence-electron chi connectivity index (χ1n) is 11.8. The van der Waals surface area contributed by atoms with Gasteiger partial charge in [-0.3, -0.25) is 14.3 Å². The van der Waals surface area contributed by atoms with Gasteiger partial charge in [-0.1, -0.05) is 4.98 Å². The highest BCUT2D eigenvalue weighted by atomic mass is 16.6. The average Bonchev–Trinajstić information content (AvgIpc) is 3.65. The van der Waals surface area contributed by atoms with Gasteiger partial charge in [-0.15, -0.1) is 0 Å². The first kappa shape index (κ1) is 26.2. The molecule has 1 N–H and O–H groups in total. The molecule has 1 fully saturated rings. The minimum Gasteiger partial charge on any atom is -0.450 e. The first-order valence-corrected chi connectivity index (χ1v) is 11.8. The standard InChI is InChI=1S/C21H27N11O6/c1-4-38-21(35)28-9-7-27(8-10-28)19(34)15(3)31-11-17(14(2)24-31)23-18(33)16-5-6-29(25-16)13-30-12-22-20(26-30)32(36)37/h5-6,11-12,15H,4,7-10,13H2,1-3H3,(H,23,33). The maximum atomic E-state index is 13.0. The largest absolute Gasteiger partial charge is 0.491 e. The quantitative estimate of drug-likeness (QED) is 0.318. The van der Waals surface area contributed by atoms with Crippen LogP contribution in [0.25, 0.3) is 0 Å². The molecule has 0 spiro atoms. The summed E-state index contributed by atoms with van der Waals surface area (Å²) in [6.45, 7) is 7.03. The Hall–Kier alpha value is -4.83. The van der Waals surface area contributed by atoms with Crippen molar-refractivity contribution in [3.63, 3.8) is 0 Å². The second-order valence-corrected chi connectivity index (χ2v) is 8.47. The molecule has 1 saturated heterocycles. The van der Waals surface area contributed by atoms with Crippen molar-refractivity contribution in [1.82, 2.24) is 44.1 Å². The molecule has 3 amide bonds. The van der Waals surface area contributed by atoms with E-state index in [4.69, 9.17) is 4.74 Å². The fourth-order valence-corrected chi connectivity index (χ4v) is 3.84. The van der Waals surface area contributed by atoms with Gasteiger partial charge in [0.15, 0.2) is 12.4 Å². The smallest absolute Gasteiger partial charge is 0.450 e. The summed E-state index contributed by atoms with van der Waals surface area (Å²) in [6, 6.07) is 0.863. The highest BCUT2D eigenvalue weighted by molar-refractivity contribution is 6.03. The topological polar surface area (TPSA) is 188 Å². The number of aryl methyl sites for hydroxylation is 1. The Morgan fingerprint density at radius 1 is 1.13 bits per heavy atom. The number of piperazine rings is 1. The second-order valence-electron chi connectivity index (χ2n) is 8.47. The number of rotatable bonds is 8. The minimum absolute atomic E-state index is 0.0265.